The quantitative estimate of drug-likeness (QED) is 0.280. The number of Topliss-reactive ketones (excluding diaryl/α,β-unsaturated/α-hetero) is 2. The molecule has 0 saturated carbocycles. The summed E-state index contributed by atoms with van der Waals surface area (Å²) in [5, 5.41) is 20.6. The standard InChI is InChI=1S/C26H36N4O6/c1-14(31)19(25(28)35)12-22(33)16(10-17-13-29-20-7-4-3-6-18(17)20)11-23(34)21-8-5-9-30(21)26(36)24(27)15(2)32/h3-4,6-7,13-16,19,21,24,29,31-32H,5,8-12,27H2,1-2H3,(H2,28,35)/t14-,15-,16-,19+,21+,24+/m1/s1. The molecule has 6 atom stereocenters. The molecular formula is C26H36N4O6. The van der Waals surface area contributed by atoms with Crippen LogP contribution >= 0.6 is 0 Å². The lowest BCUT2D eigenvalue weighted by atomic mass is 9.83. The molecule has 1 aliphatic heterocycles. The Hall–Kier alpha value is -3.08. The Bertz CT molecular complexity index is 1110. The maximum Gasteiger partial charge on any atom is 0.242 e. The van der Waals surface area contributed by atoms with Crippen LogP contribution < -0.4 is 11.5 Å². The van der Waals surface area contributed by atoms with E-state index in [0.29, 0.717) is 19.4 Å². The summed E-state index contributed by atoms with van der Waals surface area (Å²) in [6, 6.07) is 5.73. The van der Waals surface area contributed by atoms with E-state index in [4.69, 9.17) is 11.5 Å². The average molecular weight is 501 g/mol. The summed E-state index contributed by atoms with van der Waals surface area (Å²) in [7, 11) is 0. The number of hydrogen-bond donors (Lipinski definition) is 5. The smallest absolute Gasteiger partial charge is 0.242 e. The first-order chi connectivity index (χ1) is 17.0. The number of aromatic nitrogens is 1. The number of aliphatic hydroxyl groups excluding tert-OH is 2. The fourth-order valence-electron chi connectivity index (χ4n) is 4.90. The van der Waals surface area contributed by atoms with Crippen LogP contribution in [-0.4, -0.2) is 74.3 Å². The SMILES string of the molecule is C[C@@H](O)[C@H](N)C(=O)N1CCC[C@H]1C(=O)C[C@@H](Cc1c[nH]c2ccccc12)C(=O)C[C@H](C(N)=O)[C@@H](C)O. The van der Waals surface area contributed by atoms with Gasteiger partial charge in [0.05, 0.1) is 24.2 Å². The summed E-state index contributed by atoms with van der Waals surface area (Å²) in [5.74, 6) is -3.75. The summed E-state index contributed by atoms with van der Waals surface area (Å²) in [4.78, 5) is 55.9. The molecule has 7 N–H and O–H groups in total. The Balaban J connectivity index is 1.84. The van der Waals surface area contributed by atoms with Gasteiger partial charge in [-0.25, -0.2) is 0 Å². The number of carbonyl (C=O) groups is 4. The van der Waals surface area contributed by atoms with Crippen molar-refractivity contribution in [3.8, 4) is 0 Å². The number of nitrogens with zero attached hydrogens (tertiary/aromatic N) is 1. The van der Waals surface area contributed by atoms with Crippen molar-refractivity contribution < 1.29 is 29.4 Å². The van der Waals surface area contributed by atoms with Crippen LogP contribution in [0.5, 0.6) is 0 Å². The van der Waals surface area contributed by atoms with Gasteiger partial charge < -0.3 is 31.6 Å². The molecule has 10 heteroatoms. The minimum absolute atomic E-state index is 0.137. The van der Waals surface area contributed by atoms with Crippen LogP contribution in [0.25, 0.3) is 10.9 Å². The molecule has 0 spiro atoms. The number of aromatic amines is 1. The molecule has 2 amide bonds. The highest BCUT2D eigenvalue weighted by molar-refractivity contribution is 5.96. The second-order valence-corrected chi connectivity index (χ2v) is 9.81. The summed E-state index contributed by atoms with van der Waals surface area (Å²) in [5.41, 5.74) is 13.0. The van der Waals surface area contributed by atoms with Crippen molar-refractivity contribution >= 4 is 34.3 Å². The second-order valence-electron chi connectivity index (χ2n) is 9.81. The molecular weight excluding hydrogens is 464 g/mol. The number of para-hydroxylation sites is 1. The van der Waals surface area contributed by atoms with Crippen LogP contribution in [-0.2, 0) is 25.6 Å². The summed E-state index contributed by atoms with van der Waals surface area (Å²) in [6.45, 7) is 3.17. The highest BCUT2D eigenvalue weighted by atomic mass is 16.3. The molecule has 1 aliphatic rings. The Labute approximate surface area is 210 Å². The third kappa shape index (κ3) is 6.18. The summed E-state index contributed by atoms with van der Waals surface area (Å²) >= 11 is 0. The van der Waals surface area contributed by atoms with Gasteiger partial charge in [-0.05, 0) is 44.7 Å². The van der Waals surface area contributed by atoms with Crippen LogP contribution in [0, 0.1) is 11.8 Å². The van der Waals surface area contributed by atoms with Gasteiger partial charge in [-0.3, -0.25) is 19.2 Å². The Kier molecular flexibility index (Phi) is 8.99. The van der Waals surface area contributed by atoms with E-state index in [0.717, 1.165) is 16.5 Å². The Morgan fingerprint density at radius 2 is 1.81 bits per heavy atom. The van der Waals surface area contributed by atoms with Crippen molar-refractivity contribution in [3.05, 3.63) is 36.0 Å². The van der Waals surface area contributed by atoms with Crippen molar-refractivity contribution in [1.29, 1.82) is 0 Å². The minimum atomic E-state index is -1.13. The molecule has 0 radical (unpaired) electrons. The number of rotatable bonds is 12. The molecule has 0 bridgehead atoms. The lowest BCUT2D eigenvalue weighted by Crippen LogP contribution is -2.52. The molecule has 1 aromatic heterocycles. The number of nitrogens with two attached hydrogens (primary N) is 2. The number of carbonyl (C=O) groups excluding carboxylic acids is 4. The van der Waals surface area contributed by atoms with Gasteiger partial charge in [0, 0.05) is 42.4 Å². The molecule has 10 nitrogen and oxygen atoms in total. The molecule has 1 saturated heterocycles. The van der Waals surface area contributed by atoms with Crippen LogP contribution in [0.3, 0.4) is 0 Å². The van der Waals surface area contributed by atoms with E-state index in [1.54, 1.807) is 6.20 Å². The van der Waals surface area contributed by atoms with Crippen molar-refractivity contribution in [3.63, 3.8) is 0 Å². The third-order valence-corrected chi connectivity index (χ3v) is 7.13. The normalized spacial score (nSPS) is 20.0. The molecule has 2 aromatic rings. The van der Waals surface area contributed by atoms with E-state index >= 15 is 0 Å². The summed E-state index contributed by atoms with van der Waals surface area (Å²) < 4.78 is 0. The highest BCUT2D eigenvalue weighted by Crippen LogP contribution is 2.28. The lowest BCUT2D eigenvalue weighted by Gasteiger charge is -2.28. The number of benzene rings is 1. The number of aliphatic hydroxyl groups is 2. The van der Waals surface area contributed by atoms with Crippen LogP contribution in [0.2, 0.25) is 0 Å². The first-order valence-corrected chi connectivity index (χ1v) is 12.3. The number of likely N-dealkylation sites (tertiary alicyclic amines) is 1. The van der Waals surface area contributed by atoms with Crippen molar-refractivity contribution in [2.75, 3.05) is 6.54 Å². The average Bonchev–Trinajstić information content (AvgIpc) is 3.48. The fourth-order valence-corrected chi connectivity index (χ4v) is 4.90. The number of fused-ring (bicyclic) bond motifs is 1. The van der Waals surface area contributed by atoms with E-state index < -0.39 is 47.9 Å². The van der Waals surface area contributed by atoms with Gasteiger partial charge in [-0.15, -0.1) is 0 Å². The second kappa shape index (κ2) is 11.8. The first kappa shape index (κ1) is 27.5. The van der Waals surface area contributed by atoms with E-state index in [1.165, 1.54) is 18.7 Å². The molecule has 0 unspecified atom stereocenters. The first-order valence-electron chi connectivity index (χ1n) is 12.3. The van der Waals surface area contributed by atoms with Gasteiger partial charge in [0.15, 0.2) is 5.78 Å². The molecule has 0 aliphatic carbocycles. The molecule has 1 fully saturated rings. The van der Waals surface area contributed by atoms with Crippen molar-refractivity contribution in [2.45, 2.75) is 70.2 Å². The minimum Gasteiger partial charge on any atom is -0.393 e. The number of hydrogen-bond acceptors (Lipinski definition) is 7. The Morgan fingerprint density at radius 1 is 1.11 bits per heavy atom. The number of amides is 2. The zero-order valence-electron chi connectivity index (χ0n) is 20.7. The van der Waals surface area contributed by atoms with E-state index in [9.17, 15) is 29.4 Å². The largest absolute Gasteiger partial charge is 0.393 e. The number of ketones is 2. The lowest BCUT2D eigenvalue weighted by molar-refractivity contribution is -0.141. The van der Waals surface area contributed by atoms with Crippen LogP contribution in [0.4, 0.5) is 0 Å². The van der Waals surface area contributed by atoms with Gasteiger partial charge in [0.25, 0.3) is 0 Å². The highest BCUT2D eigenvalue weighted by Gasteiger charge is 2.39. The zero-order chi connectivity index (χ0) is 26.6. The van der Waals surface area contributed by atoms with E-state index in [-0.39, 0.29) is 30.8 Å². The van der Waals surface area contributed by atoms with Crippen molar-refractivity contribution in [1.82, 2.24) is 9.88 Å². The number of primary amides is 1. The van der Waals surface area contributed by atoms with Gasteiger partial charge in [-0.1, -0.05) is 18.2 Å². The van der Waals surface area contributed by atoms with E-state index in [1.807, 2.05) is 24.3 Å². The predicted octanol–water partition coefficient (Wildman–Crippen LogP) is 0.426. The molecule has 2 heterocycles. The van der Waals surface area contributed by atoms with Gasteiger partial charge in [-0.2, -0.15) is 0 Å². The molecule has 36 heavy (non-hydrogen) atoms. The van der Waals surface area contributed by atoms with Gasteiger partial charge >= 0.3 is 0 Å². The number of nitrogens with one attached hydrogen (secondary N) is 1. The third-order valence-electron chi connectivity index (χ3n) is 7.13. The Morgan fingerprint density at radius 3 is 2.44 bits per heavy atom. The maximum absolute atomic E-state index is 13.4. The predicted molar refractivity (Wildman–Crippen MR) is 133 cm³/mol. The van der Waals surface area contributed by atoms with Crippen molar-refractivity contribution in [2.24, 2.45) is 23.3 Å². The van der Waals surface area contributed by atoms with Gasteiger partial charge in [0.1, 0.15) is 11.8 Å². The zero-order valence-corrected chi connectivity index (χ0v) is 20.7. The van der Waals surface area contributed by atoms with Gasteiger partial charge in [0.2, 0.25) is 11.8 Å². The van der Waals surface area contributed by atoms with Crippen LogP contribution in [0.15, 0.2) is 30.5 Å². The molecule has 196 valence electrons. The maximum atomic E-state index is 13.4. The fraction of sp³-hybridized carbons (Fsp3) is 0.538. The summed E-state index contributed by atoms with van der Waals surface area (Å²) in [6.07, 6.45) is 0.507. The topological polar surface area (TPSA) is 180 Å². The molecule has 1 aromatic carbocycles. The van der Waals surface area contributed by atoms with E-state index in [2.05, 4.69) is 4.98 Å². The number of H-pyrrole nitrogens is 1. The monoisotopic (exact) mass is 500 g/mol. The molecule has 3 rings (SSSR count). The van der Waals surface area contributed by atoms with Crippen LogP contribution in [0.1, 0.15) is 45.1 Å².